The molecule has 0 radical (unpaired) electrons. The minimum atomic E-state index is 0.623. The number of aromatic nitrogens is 1. The van der Waals surface area contributed by atoms with Gasteiger partial charge < -0.3 is 5.32 Å². The predicted octanol–water partition coefficient (Wildman–Crippen LogP) is 4.05. The first-order valence-electron chi connectivity index (χ1n) is 7.06. The maximum atomic E-state index is 8.97. The summed E-state index contributed by atoms with van der Waals surface area (Å²) in [5.74, 6) is 0. The lowest BCUT2D eigenvalue weighted by molar-refractivity contribution is 1.26. The van der Waals surface area contributed by atoms with Crippen LogP contribution in [0.1, 0.15) is 21.7 Å². The number of hydrogen-bond acceptors (Lipinski definition) is 5. The van der Waals surface area contributed by atoms with E-state index in [9.17, 15) is 0 Å². The van der Waals surface area contributed by atoms with Crippen molar-refractivity contribution in [2.45, 2.75) is 6.42 Å². The van der Waals surface area contributed by atoms with Gasteiger partial charge in [-0.2, -0.15) is 10.5 Å². The second kappa shape index (κ2) is 5.24. The van der Waals surface area contributed by atoms with Crippen molar-refractivity contribution in [3.63, 3.8) is 0 Å². The van der Waals surface area contributed by atoms with Crippen LogP contribution in [0.3, 0.4) is 0 Å². The second-order valence-corrected chi connectivity index (χ2v) is 6.36. The molecule has 1 aliphatic heterocycles. The molecule has 0 bridgehead atoms. The molecule has 0 atom stereocenters. The summed E-state index contributed by atoms with van der Waals surface area (Å²) in [6.45, 7) is 0. The molecule has 0 fully saturated rings. The lowest BCUT2D eigenvalue weighted by atomic mass is 10.1. The van der Waals surface area contributed by atoms with Gasteiger partial charge in [0.1, 0.15) is 5.01 Å². The molecule has 2 heterocycles. The second-order valence-electron chi connectivity index (χ2n) is 5.30. The standard InChI is InChI=1S/C18H10N4S/c19-9-11-1-3-13-7-14(21-15(13)5-11)8-18-22-16-6-12(10-20)2-4-17(16)23-18/h1-6,8,21H,7H2/b14-8+. The smallest absolute Gasteiger partial charge is 0.119 e. The van der Waals surface area contributed by atoms with E-state index in [0.717, 1.165) is 33.0 Å². The zero-order valence-corrected chi connectivity index (χ0v) is 12.8. The monoisotopic (exact) mass is 314 g/mol. The third kappa shape index (κ3) is 2.44. The Balaban J connectivity index is 1.67. The molecule has 4 nitrogen and oxygen atoms in total. The number of nitrogens with zero attached hydrogens (tertiary/aromatic N) is 3. The number of rotatable bonds is 1. The highest BCUT2D eigenvalue weighted by Crippen LogP contribution is 2.31. The molecule has 1 aromatic heterocycles. The van der Waals surface area contributed by atoms with Gasteiger partial charge in [-0.25, -0.2) is 4.98 Å². The van der Waals surface area contributed by atoms with Gasteiger partial charge in [0, 0.05) is 17.8 Å². The molecule has 108 valence electrons. The van der Waals surface area contributed by atoms with Crippen LogP contribution >= 0.6 is 11.3 Å². The number of thiazole rings is 1. The van der Waals surface area contributed by atoms with E-state index < -0.39 is 0 Å². The van der Waals surface area contributed by atoms with Crippen molar-refractivity contribution in [1.29, 1.82) is 10.5 Å². The van der Waals surface area contributed by atoms with Crippen molar-refractivity contribution in [3.05, 3.63) is 63.8 Å². The van der Waals surface area contributed by atoms with Crippen molar-refractivity contribution >= 4 is 33.3 Å². The van der Waals surface area contributed by atoms with E-state index >= 15 is 0 Å². The van der Waals surface area contributed by atoms with E-state index in [2.05, 4.69) is 22.4 Å². The molecule has 0 spiro atoms. The Bertz CT molecular complexity index is 1050. The molecule has 5 heteroatoms. The zero-order chi connectivity index (χ0) is 15.8. The molecule has 0 saturated heterocycles. The van der Waals surface area contributed by atoms with Crippen molar-refractivity contribution in [3.8, 4) is 12.1 Å². The van der Waals surface area contributed by atoms with E-state index in [1.54, 1.807) is 11.3 Å². The van der Waals surface area contributed by atoms with Crippen LogP contribution in [0.15, 0.2) is 42.1 Å². The lowest BCUT2D eigenvalue weighted by Crippen LogP contribution is -1.91. The first-order chi connectivity index (χ1) is 11.2. The molecule has 0 amide bonds. The van der Waals surface area contributed by atoms with Crippen LogP contribution in [0.5, 0.6) is 0 Å². The number of anilines is 1. The third-order valence-corrected chi connectivity index (χ3v) is 4.73. The van der Waals surface area contributed by atoms with E-state index in [1.165, 1.54) is 5.56 Å². The Kier molecular flexibility index (Phi) is 3.08. The summed E-state index contributed by atoms with van der Waals surface area (Å²) < 4.78 is 1.07. The van der Waals surface area contributed by atoms with Gasteiger partial charge in [-0.15, -0.1) is 11.3 Å². The van der Waals surface area contributed by atoms with Gasteiger partial charge in [0.2, 0.25) is 0 Å². The number of nitrogens with one attached hydrogen (secondary N) is 1. The normalized spacial score (nSPS) is 14.3. The van der Waals surface area contributed by atoms with Crippen LogP contribution in [-0.2, 0) is 6.42 Å². The third-order valence-electron chi connectivity index (χ3n) is 3.75. The zero-order valence-electron chi connectivity index (χ0n) is 12.0. The molecule has 4 rings (SSSR count). The van der Waals surface area contributed by atoms with Gasteiger partial charge in [0.25, 0.3) is 0 Å². The van der Waals surface area contributed by atoms with Crippen LogP contribution in [0.25, 0.3) is 16.3 Å². The topological polar surface area (TPSA) is 72.5 Å². The summed E-state index contributed by atoms with van der Waals surface area (Å²) in [4.78, 5) is 4.58. The first-order valence-corrected chi connectivity index (χ1v) is 7.88. The number of fused-ring (bicyclic) bond motifs is 2. The van der Waals surface area contributed by atoms with Gasteiger partial charge in [0.05, 0.1) is 33.5 Å². The summed E-state index contributed by atoms with van der Waals surface area (Å²) in [7, 11) is 0. The summed E-state index contributed by atoms with van der Waals surface area (Å²) in [6.07, 6.45) is 2.84. The molecule has 1 N–H and O–H groups in total. The number of nitriles is 2. The molecule has 23 heavy (non-hydrogen) atoms. The molecule has 3 aromatic rings. The Labute approximate surface area is 136 Å². The quantitative estimate of drug-likeness (QED) is 0.735. The highest BCUT2D eigenvalue weighted by atomic mass is 32.1. The van der Waals surface area contributed by atoms with Crippen LogP contribution < -0.4 is 5.32 Å². The number of allylic oxidation sites excluding steroid dienone is 1. The van der Waals surface area contributed by atoms with Crippen molar-refractivity contribution < 1.29 is 0 Å². The van der Waals surface area contributed by atoms with E-state index in [1.807, 2.05) is 42.5 Å². The van der Waals surface area contributed by atoms with Crippen LogP contribution in [0, 0.1) is 22.7 Å². The fourth-order valence-corrected chi connectivity index (χ4v) is 3.57. The maximum Gasteiger partial charge on any atom is 0.119 e. The Morgan fingerprint density at radius 1 is 1.09 bits per heavy atom. The lowest BCUT2D eigenvalue weighted by Gasteiger charge is -1.99. The number of hydrogen-bond donors (Lipinski definition) is 1. The summed E-state index contributed by atoms with van der Waals surface area (Å²) in [6, 6.07) is 15.5. The highest BCUT2D eigenvalue weighted by Gasteiger charge is 2.15. The molecule has 1 aliphatic rings. The largest absolute Gasteiger partial charge is 0.358 e. The van der Waals surface area contributed by atoms with Crippen molar-refractivity contribution in [2.75, 3.05) is 5.32 Å². The first kappa shape index (κ1) is 13.5. The number of benzene rings is 2. The van der Waals surface area contributed by atoms with Crippen LogP contribution in [0.2, 0.25) is 0 Å². The fraction of sp³-hybridized carbons (Fsp3) is 0.0556. The molecular formula is C18H10N4S. The molecular weight excluding hydrogens is 304 g/mol. The van der Waals surface area contributed by atoms with Crippen molar-refractivity contribution in [2.24, 2.45) is 0 Å². The van der Waals surface area contributed by atoms with Gasteiger partial charge >= 0.3 is 0 Å². The molecule has 0 aliphatic carbocycles. The average Bonchev–Trinajstić information content (AvgIpc) is 3.15. The van der Waals surface area contributed by atoms with Gasteiger partial charge in [-0.3, -0.25) is 0 Å². The summed E-state index contributed by atoms with van der Waals surface area (Å²) >= 11 is 1.60. The maximum absolute atomic E-state index is 8.97. The SMILES string of the molecule is N#Cc1ccc2c(c1)N/C(=C/c1nc3cc(C#N)ccc3s1)C2. The van der Waals surface area contributed by atoms with Gasteiger partial charge in [0.15, 0.2) is 0 Å². The summed E-state index contributed by atoms with van der Waals surface area (Å²) in [5.41, 5.74) is 5.36. The van der Waals surface area contributed by atoms with Gasteiger partial charge in [-0.1, -0.05) is 6.07 Å². The fourth-order valence-electron chi connectivity index (χ4n) is 2.65. The average molecular weight is 314 g/mol. The molecule has 2 aromatic carbocycles. The Morgan fingerprint density at radius 2 is 1.87 bits per heavy atom. The van der Waals surface area contributed by atoms with Crippen molar-refractivity contribution in [1.82, 2.24) is 4.98 Å². The Morgan fingerprint density at radius 3 is 2.70 bits per heavy atom. The predicted molar refractivity (Wildman–Crippen MR) is 90.8 cm³/mol. The van der Waals surface area contributed by atoms with E-state index in [-0.39, 0.29) is 0 Å². The van der Waals surface area contributed by atoms with E-state index in [4.69, 9.17) is 10.5 Å². The van der Waals surface area contributed by atoms with E-state index in [0.29, 0.717) is 11.1 Å². The van der Waals surface area contributed by atoms with Gasteiger partial charge in [-0.05, 0) is 42.0 Å². The van der Waals surface area contributed by atoms with Crippen LogP contribution in [0.4, 0.5) is 5.69 Å². The molecule has 0 saturated carbocycles. The minimum absolute atomic E-state index is 0.623. The van der Waals surface area contributed by atoms with Crippen LogP contribution in [-0.4, -0.2) is 4.98 Å². The summed E-state index contributed by atoms with van der Waals surface area (Å²) in [5, 5.41) is 22.2. The highest BCUT2D eigenvalue weighted by molar-refractivity contribution is 7.19. The Hall–Kier alpha value is -3.15. The molecule has 0 unspecified atom stereocenters. The minimum Gasteiger partial charge on any atom is -0.358 e.